The lowest BCUT2D eigenvalue weighted by Gasteiger charge is -2.19. The molecule has 0 aromatic heterocycles. The van der Waals surface area contributed by atoms with Crippen molar-refractivity contribution < 1.29 is 24.0 Å². The van der Waals surface area contributed by atoms with Crippen molar-refractivity contribution in [3.05, 3.63) is 65.2 Å². The lowest BCUT2D eigenvalue weighted by Crippen LogP contribution is -2.38. The summed E-state index contributed by atoms with van der Waals surface area (Å²) in [7, 11) is 0. The van der Waals surface area contributed by atoms with Crippen LogP contribution in [0.3, 0.4) is 0 Å². The van der Waals surface area contributed by atoms with Crippen molar-refractivity contribution in [3.8, 4) is 5.75 Å². The van der Waals surface area contributed by atoms with Crippen molar-refractivity contribution in [3.63, 3.8) is 0 Å². The summed E-state index contributed by atoms with van der Waals surface area (Å²) in [5.41, 5.74) is 1.42. The number of rotatable bonds is 5. The fourth-order valence-corrected chi connectivity index (χ4v) is 2.55. The van der Waals surface area contributed by atoms with E-state index >= 15 is 0 Å². The largest absolute Gasteiger partial charge is 0.479 e. The molecule has 6 nitrogen and oxygen atoms in total. The molecule has 1 aliphatic heterocycles. The Bertz CT molecular complexity index is 810. The minimum Gasteiger partial charge on any atom is -0.479 e. The van der Waals surface area contributed by atoms with Crippen LogP contribution in [0.5, 0.6) is 5.75 Å². The molecule has 0 radical (unpaired) electrons. The molecule has 128 valence electrons. The molecule has 1 heterocycles. The van der Waals surface area contributed by atoms with Crippen LogP contribution in [-0.2, 0) is 9.63 Å². The number of hydrogen-bond donors (Lipinski definition) is 0. The number of carbonyl (C=O) groups excluding carboxylic acids is 3. The molecular formula is C19H17NO5. The molecule has 1 unspecified atom stereocenters. The molecule has 6 heteroatoms. The summed E-state index contributed by atoms with van der Waals surface area (Å²) >= 11 is 0. The van der Waals surface area contributed by atoms with E-state index < -0.39 is 23.9 Å². The Hall–Kier alpha value is -3.15. The van der Waals surface area contributed by atoms with Gasteiger partial charge in [0.05, 0.1) is 11.1 Å². The zero-order valence-electron chi connectivity index (χ0n) is 13.9. The van der Waals surface area contributed by atoms with Gasteiger partial charge in [-0.2, -0.15) is 0 Å². The fourth-order valence-electron chi connectivity index (χ4n) is 2.55. The van der Waals surface area contributed by atoms with E-state index in [2.05, 4.69) is 0 Å². The number of hydroxylamine groups is 2. The zero-order valence-corrected chi connectivity index (χ0v) is 13.9. The number of carbonyl (C=O) groups is 3. The first kappa shape index (κ1) is 16.7. The molecule has 0 saturated carbocycles. The lowest BCUT2D eigenvalue weighted by atomic mass is 10.1. The Labute approximate surface area is 144 Å². The standard InChI is InChI=1S/C19H17NO5/c1-3-16(24-13-8-6-7-12(2)11-13)19(23)25-20-17(21)14-9-4-5-10-15(14)18(20)22/h4-11,16H,3H2,1-2H3. The fraction of sp³-hybridized carbons (Fsp3) is 0.211. The Morgan fingerprint density at radius 3 is 2.24 bits per heavy atom. The molecule has 2 aromatic carbocycles. The molecule has 0 N–H and O–H groups in total. The molecular weight excluding hydrogens is 322 g/mol. The molecule has 0 aliphatic carbocycles. The average molecular weight is 339 g/mol. The summed E-state index contributed by atoms with van der Waals surface area (Å²) in [6.07, 6.45) is -0.596. The quantitative estimate of drug-likeness (QED) is 0.783. The highest BCUT2D eigenvalue weighted by Gasteiger charge is 2.39. The minimum absolute atomic E-state index is 0.216. The second-order valence-electron chi connectivity index (χ2n) is 5.69. The van der Waals surface area contributed by atoms with Crippen LogP contribution in [0.15, 0.2) is 48.5 Å². The summed E-state index contributed by atoms with van der Waals surface area (Å²) in [4.78, 5) is 41.9. The third kappa shape index (κ3) is 3.24. The number of fused-ring (bicyclic) bond motifs is 1. The topological polar surface area (TPSA) is 72.9 Å². The van der Waals surface area contributed by atoms with Crippen molar-refractivity contribution in [2.75, 3.05) is 0 Å². The van der Waals surface area contributed by atoms with Crippen molar-refractivity contribution in [1.82, 2.24) is 5.06 Å². The molecule has 3 rings (SSSR count). The monoisotopic (exact) mass is 339 g/mol. The summed E-state index contributed by atoms with van der Waals surface area (Å²) in [6, 6.07) is 13.6. The van der Waals surface area contributed by atoms with Gasteiger partial charge in [-0.25, -0.2) is 4.79 Å². The number of benzene rings is 2. The van der Waals surface area contributed by atoms with Crippen LogP contribution < -0.4 is 4.74 Å². The van der Waals surface area contributed by atoms with Crippen molar-refractivity contribution in [1.29, 1.82) is 0 Å². The third-order valence-electron chi connectivity index (χ3n) is 3.84. The van der Waals surface area contributed by atoms with E-state index in [-0.39, 0.29) is 11.1 Å². The van der Waals surface area contributed by atoms with E-state index in [1.807, 2.05) is 19.1 Å². The van der Waals surface area contributed by atoms with Gasteiger partial charge in [0.1, 0.15) is 5.75 Å². The highest BCUT2D eigenvalue weighted by molar-refractivity contribution is 6.20. The van der Waals surface area contributed by atoms with Crippen LogP contribution in [-0.4, -0.2) is 29.0 Å². The zero-order chi connectivity index (χ0) is 18.0. The summed E-state index contributed by atoms with van der Waals surface area (Å²) in [5, 5.41) is 0.495. The first-order valence-electron chi connectivity index (χ1n) is 7.94. The number of amides is 2. The van der Waals surface area contributed by atoms with E-state index in [4.69, 9.17) is 9.57 Å². The normalized spacial score (nSPS) is 14.2. The average Bonchev–Trinajstić information content (AvgIpc) is 2.85. The van der Waals surface area contributed by atoms with Crippen molar-refractivity contribution >= 4 is 17.8 Å². The maximum Gasteiger partial charge on any atom is 0.373 e. The SMILES string of the molecule is CCC(Oc1cccc(C)c1)C(=O)ON1C(=O)c2ccccc2C1=O. The van der Waals surface area contributed by atoms with Crippen molar-refractivity contribution in [2.24, 2.45) is 0 Å². The van der Waals surface area contributed by atoms with Gasteiger partial charge in [-0.1, -0.05) is 36.3 Å². The summed E-state index contributed by atoms with van der Waals surface area (Å²) < 4.78 is 5.64. The molecule has 1 aliphatic rings. The summed E-state index contributed by atoms with van der Waals surface area (Å²) in [6.45, 7) is 3.66. The van der Waals surface area contributed by atoms with Gasteiger partial charge in [0.2, 0.25) is 0 Å². The summed E-state index contributed by atoms with van der Waals surface area (Å²) in [5.74, 6) is -1.58. The van der Waals surface area contributed by atoms with Crippen LogP contribution in [0.25, 0.3) is 0 Å². The Kier molecular flexibility index (Phi) is 4.52. The molecule has 0 bridgehead atoms. The van der Waals surface area contributed by atoms with Crippen LogP contribution in [0.4, 0.5) is 0 Å². The van der Waals surface area contributed by atoms with Crippen LogP contribution in [0.1, 0.15) is 39.6 Å². The number of aryl methyl sites for hydroxylation is 1. The van der Waals surface area contributed by atoms with Crippen LogP contribution in [0.2, 0.25) is 0 Å². The Morgan fingerprint density at radius 1 is 1.04 bits per heavy atom. The van der Waals surface area contributed by atoms with Gasteiger partial charge >= 0.3 is 5.97 Å². The maximum atomic E-state index is 12.4. The highest BCUT2D eigenvalue weighted by Crippen LogP contribution is 2.23. The lowest BCUT2D eigenvalue weighted by molar-refractivity contribution is -0.177. The van der Waals surface area contributed by atoms with E-state index in [9.17, 15) is 14.4 Å². The van der Waals surface area contributed by atoms with Gasteiger partial charge < -0.3 is 9.57 Å². The van der Waals surface area contributed by atoms with Gasteiger partial charge in [-0.15, -0.1) is 0 Å². The second-order valence-corrected chi connectivity index (χ2v) is 5.69. The van der Waals surface area contributed by atoms with Gasteiger partial charge in [-0.05, 0) is 43.2 Å². The predicted molar refractivity (Wildman–Crippen MR) is 88.9 cm³/mol. The minimum atomic E-state index is -0.925. The van der Waals surface area contributed by atoms with Gasteiger partial charge in [0.25, 0.3) is 11.8 Å². The third-order valence-corrected chi connectivity index (χ3v) is 3.84. The molecule has 2 amide bonds. The molecule has 0 fully saturated rings. The first-order valence-corrected chi connectivity index (χ1v) is 7.94. The predicted octanol–water partition coefficient (Wildman–Crippen LogP) is 2.91. The molecule has 0 spiro atoms. The molecule has 2 aromatic rings. The number of hydrogen-bond acceptors (Lipinski definition) is 5. The van der Waals surface area contributed by atoms with E-state index in [1.54, 1.807) is 31.2 Å². The van der Waals surface area contributed by atoms with Crippen LogP contribution in [0, 0.1) is 6.92 Å². The molecule has 0 saturated heterocycles. The number of imide groups is 1. The Balaban J connectivity index is 1.73. The van der Waals surface area contributed by atoms with Gasteiger partial charge in [-0.3, -0.25) is 9.59 Å². The van der Waals surface area contributed by atoms with E-state index in [1.165, 1.54) is 12.1 Å². The second kappa shape index (κ2) is 6.76. The molecule has 1 atom stereocenters. The molecule has 25 heavy (non-hydrogen) atoms. The first-order chi connectivity index (χ1) is 12.0. The highest BCUT2D eigenvalue weighted by atomic mass is 16.7. The maximum absolute atomic E-state index is 12.4. The Morgan fingerprint density at radius 2 is 1.68 bits per heavy atom. The number of nitrogens with zero attached hydrogens (tertiary/aromatic N) is 1. The van der Waals surface area contributed by atoms with E-state index in [0.717, 1.165) is 5.56 Å². The van der Waals surface area contributed by atoms with Gasteiger partial charge in [0, 0.05) is 0 Å². The van der Waals surface area contributed by atoms with E-state index in [0.29, 0.717) is 17.2 Å². The number of ether oxygens (including phenoxy) is 1. The van der Waals surface area contributed by atoms with Crippen molar-refractivity contribution in [2.45, 2.75) is 26.4 Å². The van der Waals surface area contributed by atoms with Crippen LogP contribution >= 0.6 is 0 Å². The smallest absolute Gasteiger partial charge is 0.373 e. The van der Waals surface area contributed by atoms with Gasteiger partial charge in [0.15, 0.2) is 6.10 Å².